The highest BCUT2D eigenvalue weighted by molar-refractivity contribution is 6.30. The van der Waals surface area contributed by atoms with Gasteiger partial charge in [0.1, 0.15) is 11.6 Å². The molecule has 1 unspecified atom stereocenters. The van der Waals surface area contributed by atoms with Crippen molar-refractivity contribution in [3.8, 4) is 0 Å². The molecule has 0 bridgehead atoms. The highest BCUT2D eigenvalue weighted by atomic mass is 35.5. The molecule has 0 amide bonds. The normalized spacial score (nSPS) is 12.5. The summed E-state index contributed by atoms with van der Waals surface area (Å²) in [5.41, 5.74) is 2.96. The SMILES string of the molecule is CNC(c1ccc(Cl)cc1F)c1c(C)cc(F)cc1C. The van der Waals surface area contributed by atoms with Gasteiger partial charge in [-0.1, -0.05) is 17.7 Å². The first-order valence-corrected chi connectivity index (χ1v) is 6.70. The van der Waals surface area contributed by atoms with Crippen LogP contribution in [0.2, 0.25) is 5.02 Å². The molecule has 2 rings (SSSR count). The van der Waals surface area contributed by atoms with Crippen molar-refractivity contribution in [2.24, 2.45) is 0 Å². The molecule has 4 heteroatoms. The van der Waals surface area contributed by atoms with E-state index < -0.39 is 0 Å². The number of nitrogens with one attached hydrogen (secondary N) is 1. The largest absolute Gasteiger partial charge is 0.309 e. The Kier molecular flexibility index (Phi) is 4.41. The molecule has 0 radical (unpaired) electrons. The van der Waals surface area contributed by atoms with Crippen LogP contribution in [0, 0.1) is 25.5 Å². The van der Waals surface area contributed by atoms with Crippen LogP contribution >= 0.6 is 11.6 Å². The molecule has 0 aliphatic rings. The number of benzene rings is 2. The second-order valence-corrected chi connectivity index (χ2v) is 5.28. The maximum Gasteiger partial charge on any atom is 0.129 e. The predicted octanol–water partition coefficient (Wildman–Crippen LogP) is 4.54. The van der Waals surface area contributed by atoms with Crippen molar-refractivity contribution in [2.45, 2.75) is 19.9 Å². The van der Waals surface area contributed by atoms with E-state index in [4.69, 9.17) is 11.6 Å². The van der Waals surface area contributed by atoms with E-state index in [-0.39, 0.29) is 17.7 Å². The summed E-state index contributed by atoms with van der Waals surface area (Å²) < 4.78 is 27.5. The topological polar surface area (TPSA) is 12.0 Å². The zero-order valence-electron chi connectivity index (χ0n) is 11.6. The predicted molar refractivity (Wildman–Crippen MR) is 78.2 cm³/mol. The summed E-state index contributed by atoms with van der Waals surface area (Å²) in [6, 6.07) is 7.17. The molecule has 1 N–H and O–H groups in total. The van der Waals surface area contributed by atoms with Crippen molar-refractivity contribution in [1.29, 1.82) is 0 Å². The first-order valence-electron chi connectivity index (χ1n) is 6.33. The smallest absolute Gasteiger partial charge is 0.129 e. The fourth-order valence-corrected chi connectivity index (χ4v) is 2.73. The van der Waals surface area contributed by atoms with Crippen molar-refractivity contribution in [3.05, 3.63) is 69.2 Å². The Hall–Kier alpha value is -1.45. The van der Waals surface area contributed by atoms with Crippen molar-refractivity contribution >= 4 is 11.6 Å². The minimum absolute atomic E-state index is 0.282. The van der Waals surface area contributed by atoms with Crippen molar-refractivity contribution in [2.75, 3.05) is 7.05 Å². The number of hydrogen-bond donors (Lipinski definition) is 1. The third-order valence-electron chi connectivity index (χ3n) is 3.41. The van der Waals surface area contributed by atoms with Crippen LogP contribution < -0.4 is 5.32 Å². The summed E-state index contributed by atoms with van der Waals surface area (Å²) in [5.74, 6) is -0.657. The summed E-state index contributed by atoms with van der Waals surface area (Å²) >= 11 is 5.78. The van der Waals surface area contributed by atoms with Gasteiger partial charge in [0.25, 0.3) is 0 Å². The summed E-state index contributed by atoms with van der Waals surface area (Å²) in [5, 5.41) is 3.45. The molecule has 20 heavy (non-hydrogen) atoms. The van der Waals surface area contributed by atoms with Crippen LogP contribution in [-0.4, -0.2) is 7.05 Å². The minimum atomic E-state index is -0.375. The Morgan fingerprint density at radius 3 is 2.15 bits per heavy atom. The van der Waals surface area contributed by atoms with Crippen LogP contribution in [0.5, 0.6) is 0 Å². The third-order valence-corrected chi connectivity index (χ3v) is 3.64. The van der Waals surface area contributed by atoms with Crippen LogP contribution in [-0.2, 0) is 0 Å². The van der Waals surface area contributed by atoms with Crippen LogP contribution in [0.4, 0.5) is 8.78 Å². The zero-order valence-corrected chi connectivity index (χ0v) is 12.4. The molecule has 1 nitrogen and oxygen atoms in total. The molecule has 1 atom stereocenters. The molecule has 0 spiro atoms. The van der Waals surface area contributed by atoms with Crippen LogP contribution in [0.25, 0.3) is 0 Å². The summed E-state index contributed by atoms with van der Waals surface area (Å²) in [6.07, 6.45) is 0. The molecule has 0 aliphatic heterocycles. The Bertz CT molecular complexity index is 617. The monoisotopic (exact) mass is 295 g/mol. The number of rotatable bonds is 3. The van der Waals surface area contributed by atoms with Crippen molar-refractivity contribution in [3.63, 3.8) is 0 Å². The Morgan fingerprint density at radius 1 is 1.05 bits per heavy atom. The molecule has 2 aromatic rings. The molecular weight excluding hydrogens is 280 g/mol. The van der Waals surface area contributed by atoms with Crippen LogP contribution in [0.3, 0.4) is 0 Å². The van der Waals surface area contributed by atoms with E-state index in [0.717, 1.165) is 16.7 Å². The van der Waals surface area contributed by atoms with Crippen molar-refractivity contribution < 1.29 is 8.78 Å². The molecular formula is C16H16ClF2N. The van der Waals surface area contributed by atoms with Crippen LogP contribution in [0.15, 0.2) is 30.3 Å². The van der Waals surface area contributed by atoms with Gasteiger partial charge in [-0.3, -0.25) is 0 Å². The lowest BCUT2D eigenvalue weighted by Gasteiger charge is -2.22. The number of hydrogen-bond acceptors (Lipinski definition) is 1. The molecule has 0 saturated heterocycles. The summed E-state index contributed by atoms with van der Waals surface area (Å²) in [4.78, 5) is 0. The number of halogens is 3. The van der Waals surface area contributed by atoms with E-state index in [1.165, 1.54) is 18.2 Å². The number of aryl methyl sites for hydroxylation is 2. The maximum absolute atomic E-state index is 14.1. The molecule has 0 aliphatic carbocycles. The molecule has 0 aromatic heterocycles. The van der Waals surface area contributed by atoms with E-state index in [2.05, 4.69) is 5.32 Å². The highest BCUT2D eigenvalue weighted by Crippen LogP contribution is 2.30. The first kappa shape index (κ1) is 14.9. The first-order chi connectivity index (χ1) is 9.43. The van der Waals surface area contributed by atoms with Crippen LogP contribution in [0.1, 0.15) is 28.3 Å². The molecule has 106 valence electrons. The van der Waals surface area contributed by atoms with Gasteiger partial charge in [0.2, 0.25) is 0 Å². The van der Waals surface area contributed by atoms with Gasteiger partial charge < -0.3 is 5.32 Å². The minimum Gasteiger partial charge on any atom is -0.309 e. The van der Waals surface area contributed by atoms with Gasteiger partial charge in [-0.15, -0.1) is 0 Å². The highest BCUT2D eigenvalue weighted by Gasteiger charge is 2.20. The average Bonchev–Trinajstić information content (AvgIpc) is 2.34. The lowest BCUT2D eigenvalue weighted by molar-refractivity contribution is 0.572. The Morgan fingerprint density at radius 2 is 1.65 bits per heavy atom. The second-order valence-electron chi connectivity index (χ2n) is 4.84. The van der Waals surface area contributed by atoms with Gasteiger partial charge in [-0.2, -0.15) is 0 Å². The zero-order chi connectivity index (χ0) is 14.9. The summed E-state index contributed by atoms with van der Waals surface area (Å²) in [7, 11) is 1.75. The fourth-order valence-electron chi connectivity index (χ4n) is 2.57. The van der Waals surface area contributed by atoms with E-state index in [9.17, 15) is 8.78 Å². The Labute approximate surface area is 122 Å². The average molecular weight is 296 g/mol. The van der Waals surface area contributed by atoms with Gasteiger partial charge in [-0.05, 0) is 61.9 Å². The second kappa shape index (κ2) is 5.90. The lowest BCUT2D eigenvalue weighted by atomic mass is 9.91. The van der Waals surface area contributed by atoms with E-state index >= 15 is 0 Å². The van der Waals surface area contributed by atoms with E-state index in [1.807, 2.05) is 13.8 Å². The Balaban J connectivity index is 2.58. The molecule has 0 saturated carbocycles. The van der Waals surface area contributed by atoms with Gasteiger partial charge in [-0.25, -0.2) is 8.78 Å². The van der Waals surface area contributed by atoms with E-state index in [0.29, 0.717) is 10.6 Å². The van der Waals surface area contributed by atoms with Gasteiger partial charge in [0, 0.05) is 10.6 Å². The molecule has 0 heterocycles. The molecule has 0 fully saturated rings. The van der Waals surface area contributed by atoms with E-state index in [1.54, 1.807) is 19.2 Å². The third kappa shape index (κ3) is 2.84. The summed E-state index contributed by atoms with van der Waals surface area (Å²) in [6.45, 7) is 3.65. The van der Waals surface area contributed by atoms with Crippen molar-refractivity contribution in [1.82, 2.24) is 5.32 Å². The fraction of sp³-hybridized carbons (Fsp3) is 0.250. The lowest BCUT2D eigenvalue weighted by Crippen LogP contribution is -2.21. The van der Waals surface area contributed by atoms with Gasteiger partial charge >= 0.3 is 0 Å². The van der Waals surface area contributed by atoms with Gasteiger partial charge in [0.15, 0.2) is 0 Å². The standard InChI is InChI=1S/C16H16ClF2N/c1-9-6-12(18)7-10(2)15(9)16(20-3)13-5-4-11(17)8-14(13)19/h4-8,16,20H,1-3H3. The molecule has 2 aromatic carbocycles. The van der Waals surface area contributed by atoms with Gasteiger partial charge in [0.05, 0.1) is 6.04 Å². The quantitative estimate of drug-likeness (QED) is 0.876. The maximum atomic E-state index is 14.1.